The number of carbonyl (C=O) groups excluding carboxylic acids is 1. The molecule has 0 bridgehead atoms. The molecule has 298 valence electrons. The Balaban J connectivity index is 0.966. The Kier molecular flexibility index (Phi) is 12.5. The molecule has 1 amide bonds. The number of hydrogen-bond acceptors (Lipinski definition) is 12. The van der Waals surface area contributed by atoms with Gasteiger partial charge >= 0.3 is 6.09 Å². The number of nitrogens with one attached hydrogen (secondary N) is 4. The fourth-order valence-corrected chi connectivity index (χ4v) is 9.46. The van der Waals surface area contributed by atoms with Crippen molar-refractivity contribution in [1.29, 1.82) is 0 Å². The molecule has 3 aliphatic heterocycles. The summed E-state index contributed by atoms with van der Waals surface area (Å²) in [6.45, 7) is 7.75. The number of nitrogens with zero attached hydrogens (tertiary/aromatic N) is 4. The number of carbonyl (C=O) groups is 1. The number of allylic oxidation sites excluding steroid dienone is 3. The van der Waals surface area contributed by atoms with Gasteiger partial charge in [0.2, 0.25) is 0 Å². The number of fused-ring (bicyclic) bond motifs is 3. The van der Waals surface area contributed by atoms with Crippen LogP contribution in [0.3, 0.4) is 0 Å². The van der Waals surface area contributed by atoms with Crippen LogP contribution in [0.1, 0.15) is 88.7 Å². The van der Waals surface area contributed by atoms with Crippen LogP contribution in [0.2, 0.25) is 0 Å². The molecule has 0 radical (unpaired) electrons. The molecule has 0 saturated carbocycles. The van der Waals surface area contributed by atoms with Gasteiger partial charge in [-0.15, -0.1) is 0 Å². The summed E-state index contributed by atoms with van der Waals surface area (Å²) in [6, 6.07) is -0.435. The number of aliphatic hydroxyl groups excluding tert-OH is 2. The molecule has 10 unspecified atom stereocenters. The van der Waals surface area contributed by atoms with Crippen molar-refractivity contribution < 1.29 is 29.2 Å². The molecule has 10 atom stereocenters. The minimum atomic E-state index is -0.992. The first kappa shape index (κ1) is 39.4. The smallest absolute Gasteiger partial charge is 0.407 e. The predicted octanol–water partition coefficient (Wildman–Crippen LogP) is 2.36. The monoisotopic (exact) mass is 750 g/mol. The molecular formula is C40H62N8O6. The van der Waals surface area contributed by atoms with E-state index in [0.717, 1.165) is 76.1 Å². The van der Waals surface area contributed by atoms with Gasteiger partial charge in [-0.2, -0.15) is 0 Å². The summed E-state index contributed by atoms with van der Waals surface area (Å²) in [7, 11) is 5.46. The van der Waals surface area contributed by atoms with Gasteiger partial charge in [-0.3, -0.25) is 20.4 Å². The number of aliphatic hydroxyl groups is 2. The van der Waals surface area contributed by atoms with E-state index >= 15 is 0 Å². The molecule has 3 saturated heterocycles. The van der Waals surface area contributed by atoms with Crippen LogP contribution >= 0.6 is 0 Å². The van der Waals surface area contributed by atoms with Gasteiger partial charge in [-0.1, -0.05) is 42.9 Å². The molecule has 0 aromatic carbocycles. The quantitative estimate of drug-likeness (QED) is 0.0939. The Morgan fingerprint density at radius 3 is 2.74 bits per heavy atom. The maximum Gasteiger partial charge on any atom is 0.407 e. The summed E-state index contributed by atoms with van der Waals surface area (Å²) in [5.74, 6) is 8.24. The van der Waals surface area contributed by atoms with Crippen LogP contribution in [0, 0.1) is 23.7 Å². The zero-order valence-corrected chi connectivity index (χ0v) is 32.7. The van der Waals surface area contributed by atoms with Crippen LogP contribution in [-0.2, 0) is 14.2 Å². The highest BCUT2D eigenvalue weighted by atomic mass is 16.7. The largest absolute Gasteiger partial charge is 0.453 e. The van der Waals surface area contributed by atoms with Crippen molar-refractivity contribution in [3.8, 4) is 11.8 Å². The molecule has 3 fully saturated rings. The number of likely N-dealkylation sites (N-methyl/N-ethyl adjacent to an activating group) is 1. The minimum absolute atomic E-state index is 0.0977. The van der Waals surface area contributed by atoms with Crippen molar-refractivity contribution in [2.24, 2.45) is 11.8 Å². The molecule has 3 aliphatic carbocycles. The van der Waals surface area contributed by atoms with Crippen molar-refractivity contribution in [2.45, 2.75) is 120 Å². The lowest BCUT2D eigenvalue weighted by molar-refractivity contribution is -0.153. The topological polar surface area (TPSA) is 160 Å². The molecule has 4 heterocycles. The Hall–Kier alpha value is -2.84. The zero-order valence-electron chi connectivity index (χ0n) is 32.7. The number of aromatic nitrogens is 2. The Labute approximate surface area is 320 Å². The lowest BCUT2D eigenvalue weighted by Crippen LogP contribution is -2.51. The third-order valence-electron chi connectivity index (χ3n) is 12.5. The van der Waals surface area contributed by atoms with Crippen LogP contribution in [0.15, 0.2) is 29.5 Å². The van der Waals surface area contributed by atoms with E-state index < -0.39 is 30.4 Å². The van der Waals surface area contributed by atoms with Gasteiger partial charge in [-0.05, 0) is 65.5 Å². The van der Waals surface area contributed by atoms with Gasteiger partial charge in [0, 0.05) is 61.4 Å². The van der Waals surface area contributed by atoms with Crippen molar-refractivity contribution >= 4 is 6.09 Å². The molecule has 1 aromatic heterocycles. The summed E-state index contributed by atoms with van der Waals surface area (Å²) in [6.07, 6.45) is 12.5. The second-order valence-corrected chi connectivity index (χ2v) is 16.5. The van der Waals surface area contributed by atoms with Crippen LogP contribution in [0.5, 0.6) is 0 Å². The number of H-pyrrole nitrogens is 1. The van der Waals surface area contributed by atoms with Gasteiger partial charge in [0.15, 0.2) is 5.79 Å². The number of aromatic amines is 1. The third-order valence-corrected chi connectivity index (χ3v) is 12.5. The predicted molar refractivity (Wildman–Crippen MR) is 204 cm³/mol. The number of rotatable bonds is 14. The van der Waals surface area contributed by atoms with Crippen molar-refractivity contribution in [3.63, 3.8) is 0 Å². The van der Waals surface area contributed by atoms with Crippen molar-refractivity contribution in [2.75, 3.05) is 60.6 Å². The number of methoxy groups -OCH3 is 1. The van der Waals surface area contributed by atoms with E-state index in [9.17, 15) is 15.0 Å². The van der Waals surface area contributed by atoms with E-state index in [1.165, 1.54) is 18.3 Å². The van der Waals surface area contributed by atoms with E-state index in [1.807, 2.05) is 11.1 Å². The summed E-state index contributed by atoms with van der Waals surface area (Å²) < 4.78 is 16.8. The average molecular weight is 751 g/mol. The first-order chi connectivity index (χ1) is 26.1. The first-order valence-corrected chi connectivity index (χ1v) is 20.2. The van der Waals surface area contributed by atoms with Gasteiger partial charge in [-0.25, -0.2) is 9.78 Å². The van der Waals surface area contributed by atoms with E-state index in [-0.39, 0.29) is 24.3 Å². The van der Waals surface area contributed by atoms with Crippen LogP contribution < -0.4 is 16.0 Å². The second kappa shape index (κ2) is 17.1. The lowest BCUT2D eigenvalue weighted by atomic mass is 9.71. The first-order valence-electron chi connectivity index (χ1n) is 20.2. The molecule has 1 aromatic rings. The highest BCUT2D eigenvalue weighted by molar-refractivity contribution is 5.67. The molecule has 54 heavy (non-hydrogen) atoms. The number of likely N-dealkylation sites (tertiary alicyclic amines) is 1. The highest BCUT2D eigenvalue weighted by Gasteiger charge is 2.52. The number of imidazole rings is 1. The Morgan fingerprint density at radius 1 is 1.20 bits per heavy atom. The number of amides is 1. The van der Waals surface area contributed by atoms with Crippen LogP contribution in [-0.4, -0.2) is 144 Å². The fraction of sp³-hybridized carbons (Fsp3) is 0.750. The third kappa shape index (κ3) is 8.60. The molecule has 7 rings (SSSR count). The molecule has 6 aliphatic rings. The summed E-state index contributed by atoms with van der Waals surface area (Å²) in [4.78, 5) is 26.6. The standard InChI is InChI=1S/C40H62N8O6/c1-6-7-35(49)47(17-16-46(3)4)23-34-43-31-15-13-29-20-28(12-14-30(29)36(31)45-34)26-8-10-27(11-9-26)32-22-41-37(44-32)33-21-40(53-18-19-54-40)24-48(33)38(50)25(2)42-39(51)52-5/h8,20,22,25,27-28,30-31,33-36,38,43,45,49-50H,6-7,9-12,14,16-19,21,23-24H2,1-5H3,(H,41,44)(H,42,51). The fourth-order valence-electron chi connectivity index (χ4n) is 9.46. The SMILES string of the molecule is CCCC(O)N(CCN(C)C)CC1NC2C#CC3=CC(C4=CCC(c5cnc(C6CC7(CN6C(O)C(C)NC(=O)OC)OCCO7)[nH]5)CC4)CCC3C2N1. The van der Waals surface area contributed by atoms with Crippen molar-refractivity contribution in [3.05, 3.63) is 41.0 Å². The summed E-state index contributed by atoms with van der Waals surface area (Å²) >= 11 is 0. The molecular weight excluding hydrogens is 688 g/mol. The number of hydrogen-bond donors (Lipinski definition) is 6. The van der Waals surface area contributed by atoms with Gasteiger partial charge in [0.1, 0.15) is 18.3 Å². The second-order valence-electron chi connectivity index (χ2n) is 16.5. The maximum absolute atomic E-state index is 11.9. The van der Waals surface area contributed by atoms with Crippen LogP contribution in [0.4, 0.5) is 4.79 Å². The number of alkyl carbamates (subject to hydrolysis) is 1. The van der Waals surface area contributed by atoms with E-state index in [1.54, 1.807) is 6.92 Å². The Bertz CT molecular complexity index is 1580. The summed E-state index contributed by atoms with van der Waals surface area (Å²) in [5.41, 5.74) is 3.91. The lowest BCUT2D eigenvalue weighted by Gasteiger charge is -2.36. The average Bonchev–Trinajstić information content (AvgIpc) is 4.00. The van der Waals surface area contributed by atoms with Gasteiger partial charge in [0.25, 0.3) is 0 Å². The normalized spacial score (nSPS) is 32.1. The molecule has 14 heteroatoms. The van der Waals surface area contributed by atoms with E-state index in [0.29, 0.717) is 43.9 Å². The van der Waals surface area contributed by atoms with Gasteiger partial charge < -0.3 is 39.6 Å². The molecule has 14 nitrogen and oxygen atoms in total. The minimum Gasteiger partial charge on any atom is -0.453 e. The molecule has 6 N–H and O–H groups in total. The van der Waals surface area contributed by atoms with E-state index in [2.05, 4.69) is 75.7 Å². The van der Waals surface area contributed by atoms with E-state index in [4.69, 9.17) is 19.2 Å². The molecule has 1 spiro atoms. The number of ether oxygens (including phenoxy) is 3. The maximum atomic E-state index is 11.9. The zero-order chi connectivity index (χ0) is 38.0. The van der Waals surface area contributed by atoms with Gasteiger partial charge in [0.05, 0.1) is 51.2 Å². The highest BCUT2D eigenvalue weighted by Crippen LogP contribution is 2.45. The van der Waals surface area contributed by atoms with Crippen LogP contribution in [0.25, 0.3) is 0 Å². The Morgan fingerprint density at radius 2 is 2.02 bits per heavy atom. The van der Waals surface area contributed by atoms with Crippen molar-refractivity contribution in [1.82, 2.24) is 40.6 Å². The summed E-state index contributed by atoms with van der Waals surface area (Å²) in [5, 5.41) is 32.6.